The molecule has 2 N–H and O–H groups in total. The number of rotatable bonds is 4. The number of halogens is 1. The van der Waals surface area contributed by atoms with E-state index in [0.29, 0.717) is 11.4 Å². The van der Waals surface area contributed by atoms with Crippen LogP contribution in [0.3, 0.4) is 0 Å². The Morgan fingerprint density at radius 2 is 1.68 bits per heavy atom. The van der Waals surface area contributed by atoms with Gasteiger partial charge in [-0.25, -0.2) is 4.39 Å². The molecule has 22 heavy (non-hydrogen) atoms. The minimum atomic E-state index is -0.483. The second-order valence-corrected chi connectivity index (χ2v) is 4.42. The second kappa shape index (κ2) is 6.99. The summed E-state index contributed by atoms with van der Waals surface area (Å²) in [6.07, 6.45) is -0.224. The van der Waals surface area contributed by atoms with E-state index in [1.807, 2.05) is 0 Å². The molecule has 0 saturated carbocycles. The summed E-state index contributed by atoms with van der Waals surface area (Å²) in [6, 6.07) is 13.5. The van der Waals surface area contributed by atoms with Gasteiger partial charge in [0.15, 0.2) is 0 Å². The zero-order chi connectivity index (χ0) is 15.9. The van der Waals surface area contributed by atoms with E-state index in [0.717, 1.165) is 6.07 Å². The van der Waals surface area contributed by atoms with E-state index in [-0.39, 0.29) is 12.0 Å². The molecule has 110 valence electrons. The van der Waals surface area contributed by atoms with Crippen LogP contribution in [0.25, 0.3) is 0 Å². The van der Waals surface area contributed by atoms with Gasteiger partial charge in [0.2, 0.25) is 5.91 Å². The number of carbonyl (C=O) groups is 2. The van der Waals surface area contributed by atoms with Gasteiger partial charge in [0.1, 0.15) is 12.2 Å². The van der Waals surface area contributed by atoms with Gasteiger partial charge in [-0.1, -0.05) is 6.07 Å². The Bertz CT molecular complexity index is 736. The molecule has 0 atom stereocenters. The summed E-state index contributed by atoms with van der Waals surface area (Å²) in [5.41, 5.74) is 1.24. The lowest BCUT2D eigenvalue weighted by atomic mass is 10.2. The number of nitrogens with one attached hydrogen (secondary N) is 2. The average Bonchev–Trinajstić information content (AvgIpc) is 2.49. The summed E-state index contributed by atoms with van der Waals surface area (Å²) in [4.78, 5) is 23.2. The summed E-state index contributed by atoms with van der Waals surface area (Å²) in [5.74, 6) is -1.32. The molecule has 2 aromatic rings. The normalized spacial score (nSPS) is 9.64. The second-order valence-electron chi connectivity index (χ2n) is 4.42. The van der Waals surface area contributed by atoms with Crippen molar-refractivity contribution < 1.29 is 14.0 Å². The van der Waals surface area contributed by atoms with Crippen molar-refractivity contribution in [3.63, 3.8) is 0 Å². The van der Waals surface area contributed by atoms with E-state index in [4.69, 9.17) is 5.26 Å². The van der Waals surface area contributed by atoms with E-state index >= 15 is 0 Å². The number of carbonyl (C=O) groups excluding carboxylic acids is 2. The van der Waals surface area contributed by atoms with Crippen LogP contribution in [0.4, 0.5) is 15.8 Å². The van der Waals surface area contributed by atoms with Crippen molar-refractivity contribution in [2.75, 3.05) is 10.6 Å². The van der Waals surface area contributed by atoms with Crippen molar-refractivity contribution in [3.8, 4) is 6.07 Å². The maximum Gasteiger partial charge on any atom is 0.255 e. The van der Waals surface area contributed by atoms with Crippen LogP contribution >= 0.6 is 0 Å². The fraction of sp³-hybridized carbons (Fsp3) is 0.0625. The Morgan fingerprint density at radius 3 is 2.27 bits per heavy atom. The van der Waals surface area contributed by atoms with Gasteiger partial charge in [0, 0.05) is 16.9 Å². The predicted molar refractivity (Wildman–Crippen MR) is 79.7 cm³/mol. The zero-order valence-electron chi connectivity index (χ0n) is 11.5. The Kier molecular flexibility index (Phi) is 4.83. The van der Waals surface area contributed by atoms with Gasteiger partial charge in [-0.3, -0.25) is 9.59 Å². The topological polar surface area (TPSA) is 82.0 Å². The fourth-order valence-corrected chi connectivity index (χ4v) is 1.75. The molecular weight excluding hydrogens is 285 g/mol. The van der Waals surface area contributed by atoms with E-state index in [2.05, 4.69) is 10.6 Å². The molecule has 2 aromatic carbocycles. The largest absolute Gasteiger partial charge is 0.325 e. The van der Waals surface area contributed by atoms with Crippen LogP contribution in [0.5, 0.6) is 0 Å². The van der Waals surface area contributed by atoms with Crippen molar-refractivity contribution >= 4 is 23.2 Å². The molecule has 0 unspecified atom stereocenters. The number of anilines is 2. The summed E-state index contributed by atoms with van der Waals surface area (Å²) >= 11 is 0. The molecular formula is C16H12FN3O2. The maximum atomic E-state index is 13.1. The maximum absolute atomic E-state index is 13.1. The molecule has 6 heteroatoms. The third kappa shape index (κ3) is 4.15. The minimum Gasteiger partial charge on any atom is -0.325 e. The molecule has 0 aromatic heterocycles. The Labute approximate surface area is 126 Å². The lowest BCUT2D eigenvalue weighted by Gasteiger charge is -2.07. The third-order valence-electron chi connectivity index (χ3n) is 2.75. The van der Waals surface area contributed by atoms with E-state index in [9.17, 15) is 14.0 Å². The number of benzene rings is 2. The predicted octanol–water partition coefficient (Wildman–Crippen LogP) is 2.93. The number of nitriles is 1. The standard InChI is InChI=1S/C16H12FN3O2/c17-12-3-1-2-11(10-12)16(22)20-14-6-4-13(5-7-14)19-15(21)8-9-18/h1-7,10H,8H2,(H,19,21)(H,20,22). The SMILES string of the molecule is N#CCC(=O)Nc1ccc(NC(=O)c2cccc(F)c2)cc1. The van der Waals surface area contributed by atoms with Gasteiger partial charge >= 0.3 is 0 Å². The van der Waals surface area contributed by atoms with Crippen molar-refractivity contribution in [3.05, 3.63) is 59.9 Å². The van der Waals surface area contributed by atoms with Gasteiger partial charge in [-0.05, 0) is 42.5 Å². The highest BCUT2D eigenvalue weighted by atomic mass is 19.1. The Balaban J connectivity index is 2.01. The number of hydrogen-bond acceptors (Lipinski definition) is 3. The van der Waals surface area contributed by atoms with Gasteiger partial charge in [0.05, 0.1) is 6.07 Å². The van der Waals surface area contributed by atoms with Crippen LogP contribution in [-0.4, -0.2) is 11.8 Å². The molecule has 0 saturated heterocycles. The van der Waals surface area contributed by atoms with Crippen molar-refractivity contribution in [2.24, 2.45) is 0 Å². The number of hydrogen-bond donors (Lipinski definition) is 2. The monoisotopic (exact) mass is 297 g/mol. The van der Waals surface area contributed by atoms with E-state index in [1.165, 1.54) is 18.2 Å². The van der Waals surface area contributed by atoms with Gasteiger partial charge in [-0.15, -0.1) is 0 Å². The smallest absolute Gasteiger partial charge is 0.255 e. The highest BCUT2D eigenvalue weighted by molar-refractivity contribution is 6.04. The highest BCUT2D eigenvalue weighted by Gasteiger charge is 2.07. The first-order chi connectivity index (χ1) is 10.6. The first-order valence-corrected chi connectivity index (χ1v) is 6.42. The zero-order valence-corrected chi connectivity index (χ0v) is 11.5. The van der Waals surface area contributed by atoms with E-state index in [1.54, 1.807) is 30.3 Å². The van der Waals surface area contributed by atoms with Gasteiger partial charge in [0.25, 0.3) is 5.91 Å². The lowest BCUT2D eigenvalue weighted by Crippen LogP contribution is -2.12. The molecule has 0 heterocycles. The summed E-state index contributed by atoms with van der Waals surface area (Å²) in [6.45, 7) is 0. The average molecular weight is 297 g/mol. The van der Waals surface area contributed by atoms with Crippen LogP contribution < -0.4 is 10.6 Å². The van der Waals surface area contributed by atoms with Crippen molar-refractivity contribution in [1.82, 2.24) is 0 Å². The molecule has 2 amide bonds. The van der Waals surface area contributed by atoms with Crippen LogP contribution in [0.15, 0.2) is 48.5 Å². The molecule has 5 nitrogen and oxygen atoms in total. The molecule has 0 bridgehead atoms. The van der Waals surface area contributed by atoms with Crippen LogP contribution in [0.2, 0.25) is 0 Å². The molecule has 0 spiro atoms. The van der Waals surface area contributed by atoms with Crippen molar-refractivity contribution in [2.45, 2.75) is 6.42 Å². The van der Waals surface area contributed by atoms with Crippen LogP contribution in [-0.2, 0) is 4.79 Å². The first-order valence-electron chi connectivity index (χ1n) is 6.42. The molecule has 0 aliphatic heterocycles. The Morgan fingerprint density at radius 1 is 1.05 bits per heavy atom. The quantitative estimate of drug-likeness (QED) is 0.910. The molecule has 0 aliphatic carbocycles. The molecule has 0 radical (unpaired) electrons. The summed E-state index contributed by atoms with van der Waals surface area (Å²) in [5, 5.41) is 13.6. The van der Waals surface area contributed by atoms with Crippen LogP contribution in [0, 0.1) is 17.1 Å². The third-order valence-corrected chi connectivity index (χ3v) is 2.75. The fourth-order valence-electron chi connectivity index (χ4n) is 1.75. The van der Waals surface area contributed by atoms with Gasteiger partial charge < -0.3 is 10.6 Å². The summed E-state index contributed by atoms with van der Waals surface area (Å²) < 4.78 is 13.1. The minimum absolute atomic E-state index is 0.214. The number of amides is 2. The molecule has 2 rings (SSSR count). The lowest BCUT2D eigenvalue weighted by molar-refractivity contribution is -0.115. The Hall–Kier alpha value is -3.20. The van der Waals surface area contributed by atoms with Gasteiger partial charge in [-0.2, -0.15) is 5.26 Å². The van der Waals surface area contributed by atoms with Crippen LogP contribution in [0.1, 0.15) is 16.8 Å². The molecule has 0 aliphatic rings. The highest BCUT2D eigenvalue weighted by Crippen LogP contribution is 2.15. The number of nitrogens with zero attached hydrogens (tertiary/aromatic N) is 1. The summed E-state index contributed by atoms with van der Waals surface area (Å²) in [7, 11) is 0. The van der Waals surface area contributed by atoms with Crippen molar-refractivity contribution in [1.29, 1.82) is 5.26 Å². The molecule has 0 fully saturated rings. The first kappa shape index (κ1) is 15.2. The van der Waals surface area contributed by atoms with E-state index < -0.39 is 17.6 Å².